The van der Waals surface area contributed by atoms with Crippen LogP contribution in [0.25, 0.3) is 0 Å². The van der Waals surface area contributed by atoms with Gasteiger partial charge in [-0.05, 0) is 37.7 Å². The molecule has 0 aromatic carbocycles. The number of hydrogen-bond acceptors (Lipinski definition) is 4. The number of rotatable bonds is 5. The number of esters is 1. The van der Waals surface area contributed by atoms with Crippen molar-refractivity contribution >= 4 is 39.6 Å². The van der Waals surface area contributed by atoms with Crippen LogP contribution in [0, 0.1) is 6.92 Å². The van der Waals surface area contributed by atoms with E-state index in [0.717, 1.165) is 10.6 Å². The van der Waals surface area contributed by atoms with E-state index in [4.69, 9.17) is 17.0 Å². The Bertz CT molecular complexity index is 455. The number of carbonyl (C=O) groups excluding carboxylic acids is 1. The van der Waals surface area contributed by atoms with Gasteiger partial charge in [0.2, 0.25) is 0 Å². The first-order chi connectivity index (χ1) is 8.58. The SMILES string of the molecule is C=CCNC(=S)Nc1cc(C)c(C(=O)OCC)s1. The van der Waals surface area contributed by atoms with Crippen LogP contribution < -0.4 is 10.6 Å². The second kappa shape index (κ2) is 7.13. The molecule has 0 saturated heterocycles. The lowest BCUT2D eigenvalue weighted by molar-refractivity contribution is 0.0531. The van der Waals surface area contributed by atoms with Crippen LogP contribution in [-0.2, 0) is 4.74 Å². The molecular weight excluding hydrogens is 268 g/mol. The van der Waals surface area contributed by atoms with Crippen molar-refractivity contribution in [3.05, 3.63) is 29.2 Å². The molecule has 1 rings (SSSR count). The first-order valence-corrected chi connectivity index (χ1v) is 6.74. The van der Waals surface area contributed by atoms with Gasteiger partial charge in [-0.25, -0.2) is 4.79 Å². The van der Waals surface area contributed by atoms with E-state index in [9.17, 15) is 4.79 Å². The van der Waals surface area contributed by atoms with Crippen LogP contribution in [0.3, 0.4) is 0 Å². The van der Waals surface area contributed by atoms with Crippen LogP contribution in [0.1, 0.15) is 22.2 Å². The Balaban J connectivity index is 2.69. The summed E-state index contributed by atoms with van der Waals surface area (Å²) in [5, 5.41) is 7.30. The van der Waals surface area contributed by atoms with Gasteiger partial charge in [0, 0.05) is 6.54 Å². The largest absolute Gasteiger partial charge is 0.462 e. The molecule has 18 heavy (non-hydrogen) atoms. The predicted molar refractivity (Wildman–Crippen MR) is 79.4 cm³/mol. The molecule has 0 radical (unpaired) electrons. The van der Waals surface area contributed by atoms with E-state index in [-0.39, 0.29) is 5.97 Å². The van der Waals surface area contributed by atoms with Crippen molar-refractivity contribution in [2.24, 2.45) is 0 Å². The summed E-state index contributed by atoms with van der Waals surface area (Å²) in [7, 11) is 0. The Morgan fingerprint density at radius 3 is 3.00 bits per heavy atom. The van der Waals surface area contributed by atoms with Crippen molar-refractivity contribution in [3.63, 3.8) is 0 Å². The van der Waals surface area contributed by atoms with Gasteiger partial charge in [0.05, 0.1) is 11.6 Å². The lowest BCUT2D eigenvalue weighted by Gasteiger charge is -2.05. The smallest absolute Gasteiger partial charge is 0.348 e. The fourth-order valence-electron chi connectivity index (χ4n) is 1.26. The molecule has 0 aliphatic heterocycles. The van der Waals surface area contributed by atoms with Gasteiger partial charge >= 0.3 is 5.97 Å². The molecule has 0 aliphatic rings. The van der Waals surface area contributed by atoms with E-state index in [0.29, 0.717) is 23.1 Å². The van der Waals surface area contributed by atoms with Gasteiger partial charge < -0.3 is 15.4 Å². The summed E-state index contributed by atoms with van der Waals surface area (Å²) in [6, 6.07) is 1.87. The van der Waals surface area contributed by atoms with E-state index >= 15 is 0 Å². The van der Waals surface area contributed by atoms with Crippen molar-refractivity contribution in [1.29, 1.82) is 0 Å². The van der Waals surface area contributed by atoms with Crippen LogP contribution >= 0.6 is 23.6 Å². The first-order valence-electron chi connectivity index (χ1n) is 5.51. The van der Waals surface area contributed by atoms with Gasteiger partial charge in [-0.1, -0.05) is 6.08 Å². The van der Waals surface area contributed by atoms with Gasteiger partial charge in [-0.2, -0.15) is 0 Å². The third kappa shape index (κ3) is 4.12. The summed E-state index contributed by atoms with van der Waals surface area (Å²) in [5.74, 6) is -0.294. The van der Waals surface area contributed by atoms with E-state index in [1.165, 1.54) is 11.3 Å². The predicted octanol–water partition coefficient (Wildman–Crippen LogP) is 2.71. The molecule has 1 heterocycles. The Hall–Kier alpha value is -1.40. The normalized spacial score (nSPS) is 9.67. The average molecular weight is 284 g/mol. The zero-order valence-corrected chi connectivity index (χ0v) is 12.0. The molecule has 2 N–H and O–H groups in total. The quantitative estimate of drug-likeness (QED) is 0.494. The first kappa shape index (κ1) is 14.7. The van der Waals surface area contributed by atoms with E-state index in [2.05, 4.69) is 17.2 Å². The molecule has 98 valence electrons. The second-order valence-corrected chi connectivity index (χ2v) is 4.93. The van der Waals surface area contributed by atoms with Crippen LogP contribution in [0.5, 0.6) is 0 Å². The lowest BCUT2D eigenvalue weighted by Crippen LogP contribution is -2.27. The molecule has 1 aromatic heterocycles. The topological polar surface area (TPSA) is 50.4 Å². The molecule has 0 spiro atoms. The summed E-state index contributed by atoms with van der Waals surface area (Å²) in [6.07, 6.45) is 1.72. The minimum atomic E-state index is -0.294. The standard InChI is InChI=1S/C12H16N2O2S2/c1-4-6-13-12(17)14-9-7-8(3)10(18-9)11(15)16-5-2/h4,7H,1,5-6H2,2-3H3,(H2,13,14,17). The number of carbonyl (C=O) groups is 1. The van der Waals surface area contributed by atoms with Crippen molar-refractivity contribution in [2.75, 3.05) is 18.5 Å². The summed E-state index contributed by atoms with van der Waals surface area (Å²) >= 11 is 6.42. The van der Waals surface area contributed by atoms with E-state index in [1.54, 1.807) is 13.0 Å². The molecule has 0 bridgehead atoms. The maximum absolute atomic E-state index is 11.6. The highest BCUT2D eigenvalue weighted by molar-refractivity contribution is 7.80. The maximum atomic E-state index is 11.6. The minimum Gasteiger partial charge on any atom is -0.462 e. The third-order valence-corrected chi connectivity index (χ3v) is 3.40. The molecule has 0 aliphatic carbocycles. The number of thiocarbonyl (C=S) groups is 1. The zero-order valence-electron chi connectivity index (χ0n) is 10.4. The lowest BCUT2D eigenvalue weighted by atomic mass is 10.3. The number of anilines is 1. The Morgan fingerprint density at radius 2 is 2.39 bits per heavy atom. The molecular formula is C12H16N2O2S2. The summed E-state index contributed by atoms with van der Waals surface area (Å²) in [4.78, 5) is 12.2. The second-order valence-electron chi connectivity index (χ2n) is 3.47. The van der Waals surface area contributed by atoms with E-state index < -0.39 is 0 Å². The fourth-order valence-corrected chi connectivity index (χ4v) is 2.49. The van der Waals surface area contributed by atoms with Crippen LogP contribution in [0.15, 0.2) is 18.7 Å². The van der Waals surface area contributed by atoms with Gasteiger partial charge in [0.25, 0.3) is 0 Å². The van der Waals surface area contributed by atoms with Crippen LogP contribution in [0.4, 0.5) is 5.00 Å². The molecule has 0 saturated carbocycles. The molecule has 0 atom stereocenters. The van der Waals surface area contributed by atoms with Crippen LogP contribution in [0.2, 0.25) is 0 Å². The Kier molecular flexibility index (Phi) is 5.80. The van der Waals surface area contributed by atoms with Crippen molar-refractivity contribution < 1.29 is 9.53 Å². The Morgan fingerprint density at radius 1 is 1.67 bits per heavy atom. The summed E-state index contributed by atoms with van der Waals surface area (Å²) < 4.78 is 4.97. The van der Waals surface area contributed by atoms with Gasteiger partial charge in [0.1, 0.15) is 4.88 Å². The van der Waals surface area contributed by atoms with Crippen molar-refractivity contribution in [1.82, 2.24) is 5.32 Å². The van der Waals surface area contributed by atoms with Crippen molar-refractivity contribution in [2.45, 2.75) is 13.8 Å². The highest BCUT2D eigenvalue weighted by Crippen LogP contribution is 2.27. The number of aryl methyl sites for hydroxylation is 1. The zero-order chi connectivity index (χ0) is 13.5. The molecule has 4 nitrogen and oxygen atoms in total. The van der Waals surface area contributed by atoms with Gasteiger partial charge in [-0.3, -0.25) is 0 Å². The minimum absolute atomic E-state index is 0.294. The maximum Gasteiger partial charge on any atom is 0.348 e. The molecule has 0 unspecified atom stereocenters. The number of nitrogens with one attached hydrogen (secondary N) is 2. The number of thiophene rings is 1. The number of hydrogen-bond donors (Lipinski definition) is 2. The molecule has 0 fully saturated rings. The molecule has 1 aromatic rings. The highest BCUT2D eigenvalue weighted by atomic mass is 32.1. The highest BCUT2D eigenvalue weighted by Gasteiger charge is 2.14. The molecule has 6 heteroatoms. The van der Waals surface area contributed by atoms with Gasteiger partial charge in [-0.15, -0.1) is 17.9 Å². The average Bonchev–Trinajstić information content (AvgIpc) is 2.68. The van der Waals surface area contributed by atoms with Crippen LogP contribution in [-0.4, -0.2) is 24.2 Å². The summed E-state index contributed by atoms with van der Waals surface area (Å²) in [6.45, 7) is 8.22. The summed E-state index contributed by atoms with van der Waals surface area (Å²) in [5.41, 5.74) is 0.882. The van der Waals surface area contributed by atoms with Crippen molar-refractivity contribution in [3.8, 4) is 0 Å². The molecule has 0 amide bonds. The fraction of sp³-hybridized carbons (Fsp3) is 0.333. The Labute approximate surface area is 116 Å². The van der Waals surface area contributed by atoms with Gasteiger partial charge in [0.15, 0.2) is 5.11 Å². The van der Waals surface area contributed by atoms with E-state index in [1.807, 2.05) is 13.0 Å². The monoisotopic (exact) mass is 284 g/mol. The third-order valence-electron chi connectivity index (χ3n) is 2.02. The number of ether oxygens (including phenoxy) is 1.